The van der Waals surface area contributed by atoms with E-state index in [0.29, 0.717) is 19.6 Å². The van der Waals surface area contributed by atoms with Crippen molar-refractivity contribution in [3.05, 3.63) is 89.0 Å². The van der Waals surface area contributed by atoms with Crippen molar-refractivity contribution in [2.24, 2.45) is 0 Å². The van der Waals surface area contributed by atoms with Crippen LogP contribution in [0.15, 0.2) is 66.7 Å². The van der Waals surface area contributed by atoms with Crippen LogP contribution in [0.25, 0.3) is 11.1 Å². The number of morpholine rings is 1. The summed E-state index contributed by atoms with van der Waals surface area (Å²) < 4.78 is 11.8. The van der Waals surface area contributed by atoms with E-state index in [9.17, 15) is 9.90 Å². The van der Waals surface area contributed by atoms with Gasteiger partial charge in [0.05, 0.1) is 13.2 Å². The first-order valence-corrected chi connectivity index (χ1v) is 14.3. The standard InChI is InChI=1S/C34H38N2O4/c1-26-28(10-7-11-31(26)29-8-3-2-4-9-29)15-13-27-14-16-30(25-36-17-6-5-12-32(36)34(37)38)33(24-27)40-23-20-35-18-21-39-22-19-35/h2-4,7-11,14,16,24,32H,5-6,12,17-23,25H2,1H3,(H,37,38). The van der Waals surface area contributed by atoms with Crippen molar-refractivity contribution < 1.29 is 19.4 Å². The van der Waals surface area contributed by atoms with Gasteiger partial charge in [0.1, 0.15) is 18.4 Å². The number of carboxylic acids is 1. The second-order valence-electron chi connectivity index (χ2n) is 10.5. The summed E-state index contributed by atoms with van der Waals surface area (Å²) in [6, 6.07) is 22.3. The molecule has 2 heterocycles. The molecular weight excluding hydrogens is 500 g/mol. The van der Waals surface area contributed by atoms with Crippen LogP contribution >= 0.6 is 0 Å². The molecule has 2 saturated heterocycles. The summed E-state index contributed by atoms with van der Waals surface area (Å²) in [4.78, 5) is 16.3. The van der Waals surface area contributed by atoms with Gasteiger partial charge < -0.3 is 14.6 Å². The normalized spacial score (nSPS) is 18.1. The molecule has 2 aliphatic heterocycles. The summed E-state index contributed by atoms with van der Waals surface area (Å²) in [7, 11) is 0. The molecule has 0 aliphatic carbocycles. The molecule has 2 aliphatic rings. The van der Waals surface area contributed by atoms with Crippen LogP contribution in [0.2, 0.25) is 0 Å². The lowest BCUT2D eigenvalue weighted by Crippen LogP contribution is -2.44. The molecule has 0 bridgehead atoms. The number of piperidine rings is 1. The molecule has 6 nitrogen and oxygen atoms in total. The maximum atomic E-state index is 11.9. The van der Waals surface area contributed by atoms with Crippen LogP contribution < -0.4 is 4.74 Å². The number of benzene rings is 3. The Bertz CT molecular complexity index is 1360. The maximum Gasteiger partial charge on any atom is 0.320 e. The molecule has 5 rings (SSSR count). The second kappa shape index (κ2) is 13.6. The van der Waals surface area contributed by atoms with E-state index in [0.717, 1.165) is 80.2 Å². The van der Waals surface area contributed by atoms with Gasteiger partial charge in [0, 0.05) is 42.9 Å². The molecule has 1 atom stereocenters. The average molecular weight is 539 g/mol. The van der Waals surface area contributed by atoms with Crippen molar-refractivity contribution in [3.8, 4) is 28.7 Å². The fourth-order valence-electron chi connectivity index (χ4n) is 5.53. The van der Waals surface area contributed by atoms with E-state index in [1.54, 1.807) is 0 Å². The van der Waals surface area contributed by atoms with E-state index in [1.165, 1.54) is 11.1 Å². The van der Waals surface area contributed by atoms with Gasteiger partial charge in [-0.3, -0.25) is 14.6 Å². The molecule has 40 heavy (non-hydrogen) atoms. The van der Waals surface area contributed by atoms with Crippen LogP contribution in [-0.2, 0) is 16.1 Å². The van der Waals surface area contributed by atoms with E-state index in [4.69, 9.17) is 9.47 Å². The summed E-state index contributed by atoms with van der Waals surface area (Å²) in [6.45, 7) is 8.18. The number of carbonyl (C=O) groups is 1. The minimum Gasteiger partial charge on any atom is -0.492 e. The molecule has 208 valence electrons. The van der Waals surface area contributed by atoms with E-state index >= 15 is 0 Å². The third-order valence-corrected chi connectivity index (χ3v) is 7.87. The van der Waals surface area contributed by atoms with Crippen LogP contribution in [0.4, 0.5) is 0 Å². The highest BCUT2D eigenvalue weighted by Gasteiger charge is 2.29. The van der Waals surface area contributed by atoms with E-state index in [1.807, 2.05) is 18.2 Å². The molecular formula is C34H38N2O4. The molecule has 2 fully saturated rings. The first-order chi connectivity index (χ1) is 19.6. The van der Waals surface area contributed by atoms with Crippen molar-refractivity contribution >= 4 is 5.97 Å². The zero-order valence-corrected chi connectivity index (χ0v) is 23.3. The van der Waals surface area contributed by atoms with Gasteiger partial charge in [0.15, 0.2) is 0 Å². The second-order valence-corrected chi connectivity index (χ2v) is 10.5. The predicted molar refractivity (Wildman–Crippen MR) is 157 cm³/mol. The number of rotatable bonds is 8. The molecule has 1 unspecified atom stereocenters. The Balaban J connectivity index is 1.38. The Hall–Kier alpha value is -3.63. The summed E-state index contributed by atoms with van der Waals surface area (Å²) in [6.07, 6.45) is 2.66. The number of nitrogens with zero attached hydrogens (tertiary/aromatic N) is 2. The van der Waals surface area contributed by atoms with Crippen molar-refractivity contribution in [2.45, 2.75) is 38.8 Å². The molecule has 0 aromatic heterocycles. The van der Waals surface area contributed by atoms with Crippen LogP contribution in [0, 0.1) is 18.8 Å². The number of aliphatic carboxylic acids is 1. The number of ether oxygens (including phenoxy) is 2. The molecule has 0 spiro atoms. The van der Waals surface area contributed by atoms with Gasteiger partial charge in [-0.25, -0.2) is 0 Å². The number of carboxylic acid groups (broad SMARTS) is 1. The monoisotopic (exact) mass is 538 g/mol. The maximum absolute atomic E-state index is 11.9. The molecule has 0 saturated carbocycles. The first kappa shape index (κ1) is 27.9. The molecule has 0 amide bonds. The summed E-state index contributed by atoms with van der Waals surface area (Å²) in [5.74, 6) is 6.77. The third-order valence-electron chi connectivity index (χ3n) is 7.87. The number of likely N-dealkylation sites (tertiary alicyclic amines) is 1. The Morgan fingerprint density at radius 3 is 2.62 bits per heavy atom. The fourth-order valence-corrected chi connectivity index (χ4v) is 5.53. The van der Waals surface area contributed by atoms with Crippen LogP contribution in [-0.4, -0.2) is 72.9 Å². The van der Waals surface area contributed by atoms with Gasteiger partial charge in [-0.2, -0.15) is 0 Å². The van der Waals surface area contributed by atoms with Gasteiger partial charge in [0.2, 0.25) is 0 Å². The van der Waals surface area contributed by atoms with Crippen LogP contribution in [0.5, 0.6) is 5.75 Å². The van der Waals surface area contributed by atoms with Gasteiger partial charge in [-0.1, -0.05) is 66.8 Å². The lowest BCUT2D eigenvalue weighted by molar-refractivity contribution is -0.144. The first-order valence-electron chi connectivity index (χ1n) is 14.3. The highest BCUT2D eigenvalue weighted by molar-refractivity contribution is 5.73. The minimum atomic E-state index is -0.745. The Kier molecular flexibility index (Phi) is 9.51. The van der Waals surface area contributed by atoms with Gasteiger partial charge >= 0.3 is 5.97 Å². The molecule has 3 aromatic carbocycles. The van der Waals surface area contributed by atoms with Gasteiger partial charge in [0.25, 0.3) is 0 Å². The number of hydrogen-bond donors (Lipinski definition) is 1. The lowest BCUT2D eigenvalue weighted by Gasteiger charge is -2.33. The summed E-state index contributed by atoms with van der Waals surface area (Å²) in [5.41, 5.74) is 6.40. The molecule has 0 radical (unpaired) electrons. The average Bonchev–Trinajstić information content (AvgIpc) is 2.99. The van der Waals surface area contributed by atoms with Crippen molar-refractivity contribution in [2.75, 3.05) is 46.0 Å². The summed E-state index contributed by atoms with van der Waals surface area (Å²) in [5, 5.41) is 9.77. The van der Waals surface area contributed by atoms with Crippen LogP contribution in [0.1, 0.15) is 41.5 Å². The third kappa shape index (κ3) is 7.11. The van der Waals surface area contributed by atoms with Crippen LogP contribution in [0.3, 0.4) is 0 Å². The van der Waals surface area contributed by atoms with E-state index in [2.05, 4.69) is 77.1 Å². The highest BCUT2D eigenvalue weighted by Crippen LogP contribution is 2.27. The van der Waals surface area contributed by atoms with Gasteiger partial charge in [-0.15, -0.1) is 0 Å². The largest absolute Gasteiger partial charge is 0.492 e. The van der Waals surface area contributed by atoms with Crippen molar-refractivity contribution in [1.29, 1.82) is 0 Å². The van der Waals surface area contributed by atoms with E-state index < -0.39 is 12.0 Å². The quantitative estimate of drug-likeness (QED) is 0.397. The van der Waals surface area contributed by atoms with E-state index in [-0.39, 0.29) is 0 Å². The topological polar surface area (TPSA) is 62.2 Å². The molecule has 6 heteroatoms. The smallest absolute Gasteiger partial charge is 0.320 e. The lowest BCUT2D eigenvalue weighted by atomic mass is 9.96. The minimum absolute atomic E-state index is 0.450. The fraction of sp³-hybridized carbons (Fsp3) is 0.382. The van der Waals surface area contributed by atoms with Crippen molar-refractivity contribution in [3.63, 3.8) is 0 Å². The SMILES string of the molecule is Cc1c(C#Cc2ccc(CN3CCCCC3C(=O)O)c(OCCN3CCOCC3)c2)cccc1-c1ccccc1. The molecule has 1 N–H and O–H groups in total. The summed E-state index contributed by atoms with van der Waals surface area (Å²) >= 11 is 0. The highest BCUT2D eigenvalue weighted by atomic mass is 16.5. The predicted octanol–water partition coefficient (Wildman–Crippen LogP) is 5.21. The number of hydrogen-bond acceptors (Lipinski definition) is 5. The Morgan fingerprint density at radius 2 is 1.82 bits per heavy atom. The zero-order valence-electron chi connectivity index (χ0n) is 23.3. The Labute approximate surface area is 237 Å². The molecule has 3 aromatic rings. The zero-order chi connectivity index (χ0) is 27.7. The Morgan fingerprint density at radius 1 is 1.00 bits per heavy atom. The van der Waals surface area contributed by atoms with Gasteiger partial charge in [-0.05, 0) is 61.2 Å². The van der Waals surface area contributed by atoms with Crippen molar-refractivity contribution in [1.82, 2.24) is 9.80 Å².